The molecule has 0 spiro atoms. The number of hydrogen-bond donors (Lipinski definition) is 1. The highest BCUT2D eigenvalue weighted by Gasteiger charge is 2.25. The van der Waals surface area contributed by atoms with Crippen LogP contribution in [0.1, 0.15) is 25.7 Å². The van der Waals surface area contributed by atoms with Gasteiger partial charge in [-0.25, -0.2) is 9.18 Å². The molecule has 1 N–H and O–H groups in total. The molecule has 1 atom stereocenters. The Labute approximate surface area is 153 Å². The summed E-state index contributed by atoms with van der Waals surface area (Å²) in [5, 5.41) is 2.91. The third-order valence-electron chi connectivity index (χ3n) is 4.93. The van der Waals surface area contributed by atoms with Crippen LogP contribution in [0.4, 0.5) is 9.18 Å². The third-order valence-corrected chi connectivity index (χ3v) is 4.93. The summed E-state index contributed by atoms with van der Waals surface area (Å²) in [7, 11) is 0. The second-order valence-electron chi connectivity index (χ2n) is 6.94. The predicted octanol–water partition coefficient (Wildman–Crippen LogP) is 2.25. The van der Waals surface area contributed by atoms with Gasteiger partial charge in [0.25, 0.3) is 0 Å². The van der Waals surface area contributed by atoms with E-state index in [2.05, 4.69) is 5.32 Å². The molecule has 7 heteroatoms. The number of nitrogens with zero attached hydrogens (tertiary/aromatic N) is 2. The first-order valence-electron chi connectivity index (χ1n) is 9.31. The molecule has 2 saturated heterocycles. The first-order valence-corrected chi connectivity index (χ1v) is 9.31. The summed E-state index contributed by atoms with van der Waals surface area (Å²) in [6.07, 6.45) is 3.48. The molecule has 2 aliphatic heterocycles. The van der Waals surface area contributed by atoms with E-state index in [9.17, 15) is 14.0 Å². The topological polar surface area (TPSA) is 61.9 Å². The van der Waals surface area contributed by atoms with Gasteiger partial charge in [-0.3, -0.25) is 4.79 Å². The van der Waals surface area contributed by atoms with Crippen LogP contribution in [0, 0.1) is 11.7 Å². The van der Waals surface area contributed by atoms with Crippen molar-refractivity contribution in [1.29, 1.82) is 0 Å². The number of carbonyl (C=O) groups is 2. The molecule has 2 fully saturated rings. The van der Waals surface area contributed by atoms with Gasteiger partial charge < -0.3 is 19.9 Å². The molecule has 3 amide bonds. The number of halogens is 1. The van der Waals surface area contributed by atoms with Gasteiger partial charge in [0, 0.05) is 45.1 Å². The minimum absolute atomic E-state index is 0.0804. The zero-order valence-electron chi connectivity index (χ0n) is 15.0. The van der Waals surface area contributed by atoms with Gasteiger partial charge >= 0.3 is 6.03 Å². The van der Waals surface area contributed by atoms with Crippen LogP contribution in [0.2, 0.25) is 0 Å². The van der Waals surface area contributed by atoms with Gasteiger partial charge in [0.1, 0.15) is 11.6 Å². The molecule has 0 aromatic heterocycles. The number of nitrogens with one attached hydrogen (secondary N) is 1. The summed E-state index contributed by atoms with van der Waals surface area (Å²) >= 11 is 0. The summed E-state index contributed by atoms with van der Waals surface area (Å²) in [5.41, 5.74) is 0. The normalized spacial score (nSPS) is 20.3. The molecule has 26 heavy (non-hydrogen) atoms. The van der Waals surface area contributed by atoms with Gasteiger partial charge in [0.15, 0.2) is 0 Å². The molecule has 1 aromatic rings. The van der Waals surface area contributed by atoms with Crippen LogP contribution < -0.4 is 10.1 Å². The number of piperidine rings is 1. The van der Waals surface area contributed by atoms with Crippen LogP contribution >= 0.6 is 0 Å². The first-order chi connectivity index (χ1) is 12.6. The van der Waals surface area contributed by atoms with Crippen LogP contribution in [0.5, 0.6) is 5.75 Å². The van der Waals surface area contributed by atoms with E-state index in [0.29, 0.717) is 38.4 Å². The monoisotopic (exact) mass is 363 g/mol. The number of hydrogen-bond acceptors (Lipinski definition) is 3. The van der Waals surface area contributed by atoms with Crippen molar-refractivity contribution in [2.45, 2.75) is 25.7 Å². The molecule has 0 bridgehead atoms. The van der Waals surface area contributed by atoms with Crippen molar-refractivity contribution >= 4 is 11.9 Å². The summed E-state index contributed by atoms with van der Waals surface area (Å²) in [6.45, 7) is 3.75. The van der Waals surface area contributed by atoms with Gasteiger partial charge in [0.2, 0.25) is 5.91 Å². The minimum atomic E-state index is -0.284. The van der Waals surface area contributed by atoms with Crippen molar-refractivity contribution in [2.24, 2.45) is 5.92 Å². The number of rotatable bonds is 6. The number of urea groups is 1. The first kappa shape index (κ1) is 18.5. The number of ether oxygens (including phenoxy) is 1. The Hall–Kier alpha value is -2.31. The van der Waals surface area contributed by atoms with Crippen molar-refractivity contribution in [3.8, 4) is 5.75 Å². The van der Waals surface area contributed by atoms with Crippen LogP contribution in [-0.4, -0.2) is 61.1 Å². The minimum Gasteiger partial charge on any atom is -0.493 e. The van der Waals surface area contributed by atoms with E-state index >= 15 is 0 Å². The molecule has 0 saturated carbocycles. The Bertz CT molecular complexity index is 623. The molecule has 3 rings (SSSR count). The van der Waals surface area contributed by atoms with Gasteiger partial charge in [-0.15, -0.1) is 0 Å². The van der Waals surface area contributed by atoms with Gasteiger partial charge in [-0.05, 0) is 43.5 Å². The van der Waals surface area contributed by atoms with E-state index in [1.165, 1.54) is 12.1 Å². The Morgan fingerprint density at radius 2 is 2.04 bits per heavy atom. The lowest BCUT2D eigenvalue weighted by Gasteiger charge is -2.32. The van der Waals surface area contributed by atoms with Crippen LogP contribution in [0.3, 0.4) is 0 Å². The van der Waals surface area contributed by atoms with Crippen molar-refractivity contribution in [3.05, 3.63) is 30.1 Å². The SMILES string of the molecule is O=C1CCCN1CCNC(=O)N1CCC[C@@H](COc2ccc(F)cc2)C1. The largest absolute Gasteiger partial charge is 0.493 e. The van der Waals surface area contributed by atoms with Gasteiger partial charge in [0.05, 0.1) is 6.61 Å². The number of amides is 3. The third kappa shape index (κ3) is 5.09. The van der Waals surface area contributed by atoms with Gasteiger partial charge in [-0.2, -0.15) is 0 Å². The average molecular weight is 363 g/mol. The molecule has 2 heterocycles. The van der Waals surface area contributed by atoms with E-state index < -0.39 is 0 Å². The van der Waals surface area contributed by atoms with Crippen LogP contribution in [0.15, 0.2) is 24.3 Å². The average Bonchev–Trinajstić information content (AvgIpc) is 3.06. The zero-order valence-corrected chi connectivity index (χ0v) is 15.0. The van der Waals surface area contributed by atoms with Gasteiger partial charge in [-0.1, -0.05) is 0 Å². The summed E-state index contributed by atoms with van der Waals surface area (Å²) in [6, 6.07) is 5.90. The predicted molar refractivity (Wildman–Crippen MR) is 95.4 cm³/mol. The van der Waals surface area contributed by atoms with E-state index in [1.54, 1.807) is 17.0 Å². The summed E-state index contributed by atoms with van der Waals surface area (Å²) < 4.78 is 18.6. The Kier molecular flexibility index (Phi) is 6.30. The molecular weight excluding hydrogens is 337 g/mol. The lowest BCUT2D eigenvalue weighted by atomic mass is 9.99. The number of likely N-dealkylation sites (tertiary alicyclic amines) is 2. The Balaban J connectivity index is 1.38. The molecule has 2 aliphatic rings. The fourth-order valence-corrected chi connectivity index (χ4v) is 3.48. The second kappa shape index (κ2) is 8.87. The van der Waals surface area contributed by atoms with E-state index in [4.69, 9.17) is 4.74 Å². The molecule has 6 nitrogen and oxygen atoms in total. The molecular formula is C19H26FN3O3. The smallest absolute Gasteiger partial charge is 0.317 e. The maximum absolute atomic E-state index is 12.9. The molecule has 0 aliphatic carbocycles. The molecule has 0 radical (unpaired) electrons. The Morgan fingerprint density at radius 3 is 2.77 bits per heavy atom. The van der Waals surface area contributed by atoms with E-state index in [1.807, 2.05) is 4.90 Å². The highest BCUT2D eigenvalue weighted by molar-refractivity contribution is 5.78. The van der Waals surface area contributed by atoms with Crippen molar-refractivity contribution < 1.29 is 18.7 Å². The van der Waals surface area contributed by atoms with Crippen LogP contribution in [0.25, 0.3) is 0 Å². The van der Waals surface area contributed by atoms with E-state index in [-0.39, 0.29) is 23.7 Å². The lowest BCUT2D eigenvalue weighted by molar-refractivity contribution is -0.127. The highest BCUT2D eigenvalue weighted by Crippen LogP contribution is 2.19. The standard InChI is InChI=1S/C19H26FN3O3/c20-16-5-7-17(8-6-16)26-14-15-3-1-11-23(13-15)19(25)21-9-12-22-10-2-4-18(22)24/h5-8,15H,1-4,9-14H2,(H,21,25)/t15-/m1/s1. The Morgan fingerprint density at radius 1 is 1.23 bits per heavy atom. The highest BCUT2D eigenvalue weighted by atomic mass is 19.1. The molecule has 142 valence electrons. The maximum Gasteiger partial charge on any atom is 0.317 e. The number of benzene rings is 1. The quantitative estimate of drug-likeness (QED) is 0.843. The summed E-state index contributed by atoms with van der Waals surface area (Å²) in [5.74, 6) is 0.798. The van der Waals surface area contributed by atoms with E-state index in [0.717, 1.165) is 32.4 Å². The molecule has 1 aromatic carbocycles. The number of carbonyl (C=O) groups excluding carboxylic acids is 2. The van der Waals surface area contributed by atoms with Crippen molar-refractivity contribution in [3.63, 3.8) is 0 Å². The van der Waals surface area contributed by atoms with Crippen molar-refractivity contribution in [1.82, 2.24) is 15.1 Å². The fraction of sp³-hybridized carbons (Fsp3) is 0.579. The zero-order chi connectivity index (χ0) is 18.4. The lowest BCUT2D eigenvalue weighted by Crippen LogP contribution is -2.48. The second-order valence-corrected chi connectivity index (χ2v) is 6.94. The maximum atomic E-state index is 12.9. The molecule has 0 unspecified atom stereocenters. The summed E-state index contributed by atoms with van der Waals surface area (Å²) in [4.78, 5) is 27.5. The fourth-order valence-electron chi connectivity index (χ4n) is 3.48. The van der Waals surface area contributed by atoms with Crippen molar-refractivity contribution in [2.75, 3.05) is 39.3 Å². The van der Waals surface area contributed by atoms with Crippen LogP contribution in [-0.2, 0) is 4.79 Å².